The van der Waals surface area contributed by atoms with Gasteiger partial charge in [-0.1, -0.05) is 46.4 Å². The van der Waals surface area contributed by atoms with E-state index in [1.165, 1.54) is 6.07 Å². The van der Waals surface area contributed by atoms with Crippen LogP contribution in [0.1, 0.15) is 22.8 Å². The summed E-state index contributed by atoms with van der Waals surface area (Å²) in [6.07, 6.45) is 0. The molecule has 2 aromatic carbocycles. The minimum Gasteiger partial charge on any atom is -0.494 e. The Morgan fingerprint density at radius 2 is 1.62 bits per heavy atom. The molecule has 0 aliphatic carbocycles. The summed E-state index contributed by atoms with van der Waals surface area (Å²) in [5, 5.41) is 0.522. The summed E-state index contributed by atoms with van der Waals surface area (Å²) in [5.74, 6) is 0.354. The summed E-state index contributed by atoms with van der Waals surface area (Å²) < 4.78 is 5.33. The second kappa shape index (κ2) is 6.89. The maximum absolute atomic E-state index is 12.5. The van der Waals surface area contributed by atoms with Gasteiger partial charge in [0.1, 0.15) is 5.75 Å². The van der Waals surface area contributed by atoms with Gasteiger partial charge in [0.15, 0.2) is 5.78 Å². The van der Waals surface area contributed by atoms with Crippen LogP contribution in [-0.4, -0.2) is 12.4 Å². The molecule has 0 N–H and O–H groups in total. The predicted molar refractivity (Wildman–Crippen MR) is 87.5 cm³/mol. The summed E-state index contributed by atoms with van der Waals surface area (Å²) in [6, 6.07) is 8.09. The van der Waals surface area contributed by atoms with Gasteiger partial charge in [0, 0.05) is 5.56 Å². The molecule has 0 aromatic heterocycles. The average molecular weight is 364 g/mol. The van der Waals surface area contributed by atoms with Crippen LogP contribution in [-0.2, 0) is 0 Å². The van der Waals surface area contributed by atoms with Gasteiger partial charge in [-0.05, 0) is 37.3 Å². The van der Waals surface area contributed by atoms with Crippen LogP contribution in [0.5, 0.6) is 5.75 Å². The maximum atomic E-state index is 12.5. The fourth-order valence-electron chi connectivity index (χ4n) is 1.79. The number of halogens is 4. The Labute approximate surface area is 142 Å². The summed E-state index contributed by atoms with van der Waals surface area (Å²) in [4.78, 5) is 12.5. The van der Waals surface area contributed by atoms with Crippen molar-refractivity contribution in [2.75, 3.05) is 6.61 Å². The zero-order valence-corrected chi connectivity index (χ0v) is 13.9. The molecular formula is C15H10Cl4O2. The molecule has 0 spiro atoms. The first kappa shape index (κ1) is 16.4. The summed E-state index contributed by atoms with van der Waals surface area (Å²) in [6.45, 7) is 2.44. The Morgan fingerprint density at radius 1 is 1.00 bits per heavy atom. The van der Waals surface area contributed by atoms with Gasteiger partial charge < -0.3 is 4.74 Å². The summed E-state index contributed by atoms with van der Waals surface area (Å²) in [7, 11) is 0. The highest BCUT2D eigenvalue weighted by molar-refractivity contribution is 6.51. The molecule has 0 fully saturated rings. The lowest BCUT2D eigenvalue weighted by Gasteiger charge is -2.10. The third kappa shape index (κ3) is 3.46. The van der Waals surface area contributed by atoms with Gasteiger partial charge in [0.2, 0.25) is 0 Å². The lowest BCUT2D eigenvalue weighted by Crippen LogP contribution is -2.04. The fraction of sp³-hybridized carbons (Fsp3) is 0.133. The van der Waals surface area contributed by atoms with Crippen LogP contribution in [0, 0.1) is 0 Å². The van der Waals surface area contributed by atoms with Crippen molar-refractivity contribution in [2.45, 2.75) is 6.92 Å². The van der Waals surface area contributed by atoms with E-state index in [0.717, 1.165) is 0 Å². The lowest BCUT2D eigenvalue weighted by atomic mass is 10.0. The van der Waals surface area contributed by atoms with Crippen LogP contribution >= 0.6 is 46.4 Å². The monoisotopic (exact) mass is 362 g/mol. The van der Waals surface area contributed by atoms with Crippen molar-refractivity contribution in [1.82, 2.24) is 0 Å². The van der Waals surface area contributed by atoms with Gasteiger partial charge in [0.05, 0.1) is 32.3 Å². The first-order chi connectivity index (χ1) is 9.95. The second-order valence-corrected chi connectivity index (χ2v) is 5.70. The van der Waals surface area contributed by atoms with Crippen molar-refractivity contribution in [1.29, 1.82) is 0 Å². The first-order valence-electron chi connectivity index (χ1n) is 6.06. The molecule has 21 heavy (non-hydrogen) atoms. The van der Waals surface area contributed by atoms with E-state index in [9.17, 15) is 4.79 Å². The van der Waals surface area contributed by atoms with Gasteiger partial charge in [0.25, 0.3) is 0 Å². The highest BCUT2D eigenvalue weighted by Gasteiger charge is 2.21. The lowest BCUT2D eigenvalue weighted by molar-refractivity contribution is 0.103. The van der Waals surface area contributed by atoms with E-state index in [1.807, 2.05) is 6.92 Å². The zero-order chi connectivity index (χ0) is 15.6. The van der Waals surface area contributed by atoms with Crippen molar-refractivity contribution in [2.24, 2.45) is 0 Å². The summed E-state index contributed by atoms with van der Waals surface area (Å²) >= 11 is 24.0. The van der Waals surface area contributed by atoms with Gasteiger partial charge in [-0.2, -0.15) is 0 Å². The minimum absolute atomic E-state index is 0.0491. The molecule has 6 heteroatoms. The SMILES string of the molecule is CCOc1ccc(C(=O)c2c(Cl)cc(Cl)c(Cl)c2Cl)cc1. The molecular weight excluding hydrogens is 354 g/mol. The quantitative estimate of drug-likeness (QED) is 0.382. The molecule has 2 aromatic rings. The topological polar surface area (TPSA) is 26.3 Å². The van der Waals surface area contributed by atoms with Crippen LogP contribution in [0.4, 0.5) is 0 Å². The van der Waals surface area contributed by atoms with E-state index < -0.39 is 0 Å². The number of carbonyl (C=O) groups excluding carboxylic acids is 1. The summed E-state index contributed by atoms with van der Waals surface area (Å²) in [5.41, 5.74) is 0.567. The predicted octanol–water partition coefficient (Wildman–Crippen LogP) is 5.93. The van der Waals surface area contributed by atoms with Gasteiger partial charge >= 0.3 is 0 Å². The van der Waals surface area contributed by atoms with Crippen LogP contribution in [0.2, 0.25) is 20.1 Å². The molecule has 0 aliphatic heterocycles. The van der Waals surface area contributed by atoms with Gasteiger partial charge in [-0.3, -0.25) is 4.79 Å². The second-order valence-electron chi connectivity index (χ2n) is 4.13. The molecule has 2 rings (SSSR count). The molecule has 0 atom stereocenters. The van der Waals surface area contributed by atoms with Crippen LogP contribution in [0.15, 0.2) is 30.3 Å². The average Bonchev–Trinajstić information content (AvgIpc) is 2.46. The third-order valence-electron chi connectivity index (χ3n) is 2.77. The first-order valence-corrected chi connectivity index (χ1v) is 7.57. The van der Waals surface area contributed by atoms with Crippen LogP contribution in [0.25, 0.3) is 0 Å². The van der Waals surface area contributed by atoms with Crippen molar-refractivity contribution >= 4 is 52.2 Å². The third-order valence-corrected chi connectivity index (χ3v) is 4.33. The molecule has 0 radical (unpaired) electrons. The molecule has 0 bridgehead atoms. The van der Waals surface area contributed by atoms with Crippen molar-refractivity contribution in [3.05, 3.63) is 61.5 Å². The number of benzene rings is 2. The Hall–Kier alpha value is -0.930. The highest BCUT2D eigenvalue weighted by atomic mass is 35.5. The van der Waals surface area contributed by atoms with Crippen LogP contribution < -0.4 is 4.74 Å². The number of hydrogen-bond donors (Lipinski definition) is 0. The minimum atomic E-state index is -0.327. The maximum Gasteiger partial charge on any atom is 0.196 e. The normalized spacial score (nSPS) is 10.5. The molecule has 110 valence electrons. The molecule has 0 heterocycles. The Bertz CT molecular complexity index is 681. The fourth-order valence-corrected chi connectivity index (χ4v) is 2.87. The molecule has 0 saturated heterocycles. The Kier molecular flexibility index (Phi) is 5.39. The highest BCUT2D eigenvalue weighted by Crippen LogP contribution is 2.38. The van der Waals surface area contributed by atoms with E-state index in [1.54, 1.807) is 24.3 Å². The number of hydrogen-bond acceptors (Lipinski definition) is 2. The van der Waals surface area contributed by atoms with E-state index in [2.05, 4.69) is 0 Å². The standard InChI is InChI=1S/C15H10Cl4O2/c1-2-21-9-5-3-8(4-6-9)15(20)12-10(16)7-11(17)13(18)14(12)19/h3-7H,2H2,1H3. The number of ether oxygens (including phenoxy) is 1. The van der Waals surface area contributed by atoms with Crippen molar-refractivity contribution in [3.63, 3.8) is 0 Å². The van der Waals surface area contributed by atoms with E-state index in [-0.39, 0.29) is 31.4 Å². The molecule has 0 unspecified atom stereocenters. The smallest absolute Gasteiger partial charge is 0.196 e. The van der Waals surface area contributed by atoms with Gasteiger partial charge in [-0.15, -0.1) is 0 Å². The van der Waals surface area contributed by atoms with Crippen LogP contribution in [0.3, 0.4) is 0 Å². The van der Waals surface area contributed by atoms with Crippen molar-refractivity contribution < 1.29 is 9.53 Å². The number of rotatable bonds is 4. The largest absolute Gasteiger partial charge is 0.494 e. The number of ketones is 1. The molecule has 2 nitrogen and oxygen atoms in total. The van der Waals surface area contributed by atoms with E-state index >= 15 is 0 Å². The molecule has 0 saturated carbocycles. The molecule has 0 aliphatic rings. The van der Waals surface area contributed by atoms with E-state index in [0.29, 0.717) is 17.9 Å². The Morgan fingerprint density at radius 3 is 2.19 bits per heavy atom. The van der Waals surface area contributed by atoms with Crippen molar-refractivity contribution in [3.8, 4) is 5.75 Å². The molecule has 0 amide bonds. The number of carbonyl (C=O) groups is 1. The zero-order valence-electron chi connectivity index (χ0n) is 10.9. The van der Waals surface area contributed by atoms with E-state index in [4.69, 9.17) is 51.1 Å². The Balaban J connectivity index is 2.43. The van der Waals surface area contributed by atoms with Gasteiger partial charge in [-0.25, -0.2) is 0 Å².